The van der Waals surface area contributed by atoms with Gasteiger partial charge < -0.3 is 10.1 Å². The van der Waals surface area contributed by atoms with Gasteiger partial charge in [-0.25, -0.2) is 0 Å². The maximum atomic E-state index is 5.78. The minimum Gasteiger partial charge on any atom is -0.491 e. The number of hydrogen-bond donors (Lipinski definition) is 1. The van der Waals surface area contributed by atoms with Crippen LogP contribution >= 0.6 is 0 Å². The van der Waals surface area contributed by atoms with Gasteiger partial charge in [0.2, 0.25) is 0 Å². The van der Waals surface area contributed by atoms with E-state index in [0.717, 1.165) is 42.6 Å². The number of aromatic nitrogens is 1. The third kappa shape index (κ3) is 3.17. The molecule has 90 valence electrons. The molecule has 0 aliphatic carbocycles. The summed E-state index contributed by atoms with van der Waals surface area (Å²) < 4.78 is 5.78. The number of nitrogens with one attached hydrogen (secondary N) is 1. The molecule has 2 rings (SSSR count). The maximum absolute atomic E-state index is 5.78. The molecule has 3 nitrogen and oxygen atoms in total. The van der Waals surface area contributed by atoms with Crippen molar-refractivity contribution in [1.29, 1.82) is 0 Å². The van der Waals surface area contributed by atoms with E-state index in [-0.39, 0.29) is 0 Å². The molecule has 3 heteroatoms. The number of benzene rings is 1. The van der Waals surface area contributed by atoms with Crippen molar-refractivity contribution in [3.8, 4) is 5.75 Å². The van der Waals surface area contributed by atoms with Crippen LogP contribution in [0.3, 0.4) is 0 Å². The second-order valence-corrected chi connectivity index (χ2v) is 3.99. The van der Waals surface area contributed by atoms with Crippen LogP contribution < -0.4 is 10.1 Å². The van der Waals surface area contributed by atoms with Gasteiger partial charge in [-0.2, -0.15) is 0 Å². The van der Waals surface area contributed by atoms with Gasteiger partial charge >= 0.3 is 0 Å². The first-order chi connectivity index (χ1) is 8.42. The maximum Gasteiger partial charge on any atom is 0.145 e. The number of para-hydroxylation sites is 1. The first-order valence-corrected chi connectivity index (χ1v) is 6.03. The van der Waals surface area contributed by atoms with Gasteiger partial charge in [0, 0.05) is 11.6 Å². The Morgan fingerprint density at radius 1 is 1.18 bits per heavy atom. The average molecular weight is 230 g/mol. The van der Waals surface area contributed by atoms with Crippen molar-refractivity contribution in [3.05, 3.63) is 36.5 Å². The largest absolute Gasteiger partial charge is 0.491 e. The summed E-state index contributed by atoms with van der Waals surface area (Å²) >= 11 is 0. The van der Waals surface area contributed by atoms with E-state index in [1.54, 1.807) is 6.20 Å². The predicted octanol–water partition coefficient (Wildman–Crippen LogP) is 2.61. The molecule has 1 N–H and O–H groups in total. The zero-order valence-corrected chi connectivity index (χ0v) is 10.1. The minimum absolute atomic E-state index is 0.747. The SMILES string of the molecule is CNCCCCOc1cccc2cccnc12. The molecule has 0 radical (unpaired) electrons. The molecule has 1 aromatic heterocycles. The molecule has 1 aromatic carbocycles. The highest BCUT2D eigenvalue weighted by molar-refractivity contribution is 5.84. The fourth-order valence-electron chi connectivity index (χ4n) is 1.78. The monoisotopic (exact) mass is 230 g/mol. The smallest absolute Gasteiger partial charge is 0.145 e. The number of hydrogen-bond acceptors (Lipinski definition) is 3. The van der Waals surface area contributed by atoms with Crippen molar-refractivity contribution >= 4 is 10.9 Å². The van der Waals surface area contributed by atoms with Crippen molar-refractivity contribution in [1.82, 2.24) is 10.3 Å². The fraction of sp³-hybridized carbons (Fsp3) is 0.357. The zero-order chi connectivity index (χ0) is 11.9. The summed E-state index contributed by atoms with van der Waals surface area (Å²) in [5.74, 6) is 0.882. The third-order valence-corrected chi connectivity index (χ3v) is 2.67. The van der Waals surface area contributed by atoms with Gasteiger partial charge in [-0.1, -0.05) is 18.2 Å². The lowest BCUT2D eigenvalue weighted by Gasteiger charge is -2.08. The molecular weight excluding hydrogens is 212 g/mol. The molecule has 17 heavy (non-hydrogen) atoms. The second-order valence-electron chi connectivity index (χ2n) is 3.99. The molecule has 0 unspecified atom stereocenters. The van der Waals surface area contributed by atoms with E-state index in [2.05, 4.69) is 22.4 Å². The van der Waals surface area contributed by atoms with E-state index in [9.17, 15) is 0 Å². The van der Waals surface area contributed by atoms with Crippen LogP contribution in [0.15, 0.2) is 36.5 Å². The van der Waals surface area contributed by atoms with E-state index in [1.807, 2.05) is 25.2 Å². The van der Waals surface area contributed by atoms with Crippen molar-refractivity contribution in [2.45, 2.75) is 12.8 Å². The van der Waals surface area contributed by atoms with E-state index < -0.39 is 0 Å². The Hall–Kier alpha value is -1.61. The highest BCUT2D eigenvalue weighted by Gasteiger charge is 2.01. The van der Waals surface area contributed by atoms with Crippen molar-refractivity contribution in [3.63, 3.8) is 0 Å². The quantitative estimate of drug-likeness (QED) is 0.775. The molecule has 0 spiro atoms. The van der Waals surface area contributed by atoms with Gasteiger partial charge in [-0.05, 0) is 38.6 Å². The molecule has 2 aromatic rings. The molecule has 0 fully saturated rings. The fourth-order valence-corrected chi connectivity index (χ4v) is 1.78. The Balaban J connectivity index is 1.98. The van der Waals surface area contributed by atoms with E-state index in [0.29, 0.717) is 0 Å². The summed E-state index contributed by atoms with van der Waals surface area (Å²) in [6, 6.07) is 10.0. The van der Waals surface area contributed by atoms with Crippen LogP contribution in [0, 0.1) is 0 Å². The number of unbranched alkanes of at least 4 members (excludes halogenated alkanes) is 1. The minimum atomic E-state index is 0.747. The molecule has 0 atom stereocenters. The summed E-state index contributed by atoms with van der Waals surface area (Å²) in [6.07, 6.45) is 3.99. The average Bonchev–Trinajstić information content (AvgIpc) is 2.39. The van der Waals surface area contributed by atoms with Crippen LogP contribution in [-0.2, 0) is 0 Å². The lowest BCUT2D eigenvalue weighted by molar-refractivity contribution is 0.309. The molecule has 0 amide bonds. The predicted molar refractivity (Wildman–Crippen MR) is 70.4 cm³/mol. The van der Waals surface area contributed by atoms with E-state index in [4.69, 9.17) is 4.74 Å². The Bertz CT molecular complexity index is 465. The lowest BCUT2D eigenvalue weighted by Crippen LogP contribution is -2.09. The Labute approximate surface area is 102 Å². The van der Waals surface area contributed by atoms with Gasteiger partial charge in [0.1, 0.15) is 11.3 Å². The van der Waals surface area contributed by atoms with Crippen LogP contribution in [-0.4, -0.2) is 25.2 Å². The molecule has 0 saturated heterocycles. The van der Waals surface area contributed by atoms with Crippen LogP contribution in [0.5, 0.6) is 5.75 Å². The van der Waals surface area contributed by atoms with Crippen LogP contribution in [0.25, 0.3) is 10.9 Å². The first-order valence-electron chi connectivity index (χ1n) is 6.03. The number of pyridine rings is 1. The summed E-state index contributed by atoms with van der Waals surface area (Å²) in [5, 5.41) is 4.25. The standard InChI is InChI=1S/C14H18N2O/c1-15-9-2-3-11-17-13-8-4-6-12-7-5-10-16-14(12)13/h4-8,10,15H,2-3,9,11H2,1H3. The van der Waals surface area contributed by atoms with Gasteiger partial charge in [0.25, 0.3) is 0 Å². The molecular formula is C14H18N2O. The summed E-state index contributed by atoms with van der Waals surface area (Å²) in [7, 11) is 1.97. The summed E-state index contributed by atoms with van der Waals surface area (Å²) in [5.41, 5.74) is 0.948. The topological polar surface area (TPSA) is 34.1 Å². The summed E-state index contributed by atoms with van der Waals surface area (Å²) in [6.45, 7) is 1.79. The Kier molecular flexibility index (Phi) is 4.33. The Morgan fingerprint density at radius 2 is 2.06 bits per heavy atom. The van der Waals surface area contributed by atoms with Crippen molar-refractivity contribution < 1.29 is 4.74 Å². The van der Waals surface area contributed by atoms with Crippen molar-refractivity contribution in [2.75, 3.05) is 20.2 Å². The van der Waals surface area contributed by atoms with Gasteiger partial charge in [-0.15, -0.1) is 0 Å². The van der Waals surface area contributed by atoms with Gasteiger partial charge in [-0.3, -0.25) is 4.98 Å². The van der Waals surface area contributed by atoms with E-state index >= 15 is 0 Å². The molecule has 0 saturated carbocycles. The number of rotatable bonds is 6. The van der Waals surface area contributed by atoms with Gasteiger partial charge in [0.05, 0.1) is 6.61 Å². The van der Waals surface area contributed by atoms with Crippen LogP contribution in [0.4, 0.5) is 0 Å². The third-order valence-electron chi connectivity index (χ3n) is 2.67. The van der Waals surface area contributed by atoms with Crippen LogP contribution in [0.1, 0.15) is 12.8 Å². The zero-order valence-electron chi connectivity index (χ0n) is 10.1. The number of ether oxygens (including phenoxy) is 1. The number of nitrogens with zero attached hydrogens (tertiary/aromatic N) is 1. The van der Waals surface area contributed by atoms with E-state index in [1.165, 1.54) is 0 Å². The highest BCUT2D eigenvalue weighted by atomic mass is 16.5. The number of fused-ring (bicyclic) bond motifs is 1. The van der Waals surface area contributed by atoms with Gasteiger partial charge in [0.15, 0.2) is 0 Å². The highest BCUT2D eigenvalue weighted by Crippen LogP contribution is 2.22. The van der Waals surface area contributed by atoms with Crippen LogP contribution in [0.2, 0.25) is 0 Å². The molecule has 1 heterocycles. The summed E-state index contributed by atoms with van der Waals surface area (Å²) in [4.78, 5) is 4.36. The molecule has 0 aliphatic heterocycles. The van der Waals surface area contributed by atoms with Crippen molar-refractivity contribution in [2.24, 2.45) is 0 Å². The Morgan fingerprint density at radius 3 is 2.94 bits per heavy atom. The lowest BCUT2D eigenvalue weighted by atomic mass is 10.2. The second kappa shape index (κ2) is 6.21. The molecule has 0 aliphatic rings. The normalized spacial score (nSPS) is 10.6. The molecule has 0 bridgehead atoms. The first kappa shape index (κ1) is 11.9.